The van der Waals surface area contributed by atoms with Crippen molar-refractivity contribution in [2.24, 2.45) is 0 Å². The van der Waals surface area contributed by atoms with Crippen molar-refractivity contribution in [3.8, 4) is 0 Å². The van der Waals surface area contributed by atoms with E-state index in [0.717, 1.165) is 0 Å². The minimum atomic E-state index is -3.91. The molecule has 0 spiro atoms. The molecule has 0 aliphatic heterocycles. The number of hydrogen-bond donors (Lipinski definition) is 0. The van der Waals surface area contributed by atoms with Crippen molar-refractivity contribution < 1.29 is 48.0 Å². The summed E-state index contributed by atoms with van der Waals surface area (Å²) >= 11 is 0. The molecule has 2 N–H and O–H groups in total. The second-order valence-corrected chi connectivity index (χ2v) is 2.54. The molecular formula is C2H7NaO4S. The SMILES string of the molecule is CCS(=O)(=O)[O-].O.[Na+]. The van der Waals surface area contributed by atoms with Crippen molar-refractivity contribution in [1.29, 1.82) is 0 Å². The zero-order valence-corrected chi connectivity index (χ0v) is 7.66. The molecule has 4 nitrogen and oxygen atoms in total. The molecule has 0 aliphatic carbocycles. The standard InChI is InChI=1S/C2H6O3S.Na.H2O/c1-2-6(3,4)5;;/h2H2,1H3,(H,3,4,5);;1H2/q;+1;/p-1. The van der Waals surface area contributed by atoms with E-state index in [1.807, 2.05) is 0 Å². The third-order valence-corrected chi connectivity index (χ3v) is 1.06. The molecule has 0 fully saturated rings. The molecule has 0 saturated carbocycles. The molecule has 6 heteroatoms. The minimum absolute atomic E-state index is 0. The van der Waals surface area contributed by atoms with Gasteiger partial charge in [-0.25, -0.2) is 8.42 Å². The fourth-order valence-corrected chi connectivity index (χ4v) is 0. The Bertz CT molecular complexity index is 116. The monoisotopic (exact) mass is 150 g/mol. The summed E-state index contributed by atoms with van der Waals surface area (Å²) in [4.78, 5) is 0. The molecule has 0 rings (SSSR count). The fourth-order valence-electron chi connectivity index (χ4n) is 0. The van der Waals surface area contributed by atoms with Crippen LogP contribution in [0.25, 0.3) is 0 Å². The van der Waals surface area contributed by atoms with Crippen molar-refractivity contribution in [3.05, 3.63) is 0 Å². The molecule has 0 radical (unpaired) electrons. The van der Waals surface area contributed by atoms with Gasteiger partial charge in [0.1, 0.15) is 0 Å². The Kier molecular flexibility index (Phi) is 12.0. The Labute approximate surface area is 70.6 Å². The molecule has 0 bridgehead atoms. The Hall–Kier alpha value is 0.870. The van der Waals surface area contributed by atoms with Crippen LogP contribution in [0.4, 0.5) is 0 Å². The van der Waals surface area contributed by atoms with Gasteiger partial charge in [-0.15, -0.1) is 0 Å². The van der Waals surface area contributed by atoms with Gasteiger partial charge in [0.25, 0.3) is 0 Å². The number of rotatable bonds is 1. The van der Waals surface area contributed by atoms with E-state index in [2.05, 4.69) is 0 Å². The smallest absolute Gasteiger partial charge is 0.748 e. The molecule has 0 aliphatic rings. The van der Waals surface area contributed by atoms with E-state index in [-0.39, 0.29) is 40.8 Å². The normalized spacial score (nSPS) is 8.75. The zero-order valence-electron chi connectivity index (χ0n) is 4.84. The summed E-state index contributed by atoms with van der Waals surface area (Å²) in [7, 11) is -3.91. The van der Waals surface area contributed by atoms with E-state index in [1.165, 1.54) is 6.92 Å². The van der Waals surface area contributed by atoms with Gasteiger partial charge < -0.3 is 10.0 Å². The topological polar surface area (TPSA) is 88.7 Å². The van der Waals surface area contributed by atoms with Crippen LogP contribution in [0.3, 0.4) is 0 Å². The van der Waals surface area contributed by atoms with Crippen molar-refractivity contribution >= 4 is 10.1 Å². The van der Waals surface area contributed by atoms with Gasteiger partial charge in [-0.05, 0) is 0 Å². The Morgan fingerprint density at radius 1 is 1.50 bits per heavy atom. The van der Waals surface area contributed by atoms with Crippen LogP contribution in [-0.2, 0) is 10.1 Å². The molecular weight excluding hydrogens is 143 g/mol. The summed E-state index contributed by atoms with van der Waals surface area (Å²) in [6.07, 6.45) is 0. The predicted octanol–water partition coefficient (Wildman–Crippen LogP) is -4.27. The first-order valence-corrected chi connectivity index (χ1v) is 3.07. The second-order valence-electron chi connectivity index (χ2n) is 0.846. The summed E-state index contributed by atoms with van der Waals surface area (Å²) in [5.41, 5.74) is 0. The summed E-state index contributed by atoms with van der Waals surface area (Å²) in [6, 6.07) is 0. The third-order valence-electron chi connectivity index (χ3n) is 0.354. The second kappa shape index (κ2) is 6.00. The summed E-state index contributed by atoms with van der Waals surface area (Å²) in [5, 5.41) is 0. The molecule has 0 heterocycles. The first-order chi connectivity index (χ1) is 2.56. The van der Waals surface area contributed by atoms with Crippen LogP contribution in [0.1, 0.15) is 6.92 Å². The van der Waals surface area contributed by atoms with Crippen LogP contribution in [0.5, 0.6) is 0 Å². The molecule has 0 atom stereocenters. The quantitative estimate of drug-likeness (QED) is 0.280. The van der Waals surface area contributed by atoms with Crippen LogP contribution in [0, 0.1) is 0 Å². The van der Waals surface area contributed by atoms with E-state index in [0.29, 0.717) is 0 Å². The van der Waals surface area contributed by atoms with Crippen LogP contribution in [-0.4, -0.2) is 24.2 Å². The van der Waals surface area contributed by atoms with Gasteiger partial charge in [-0.2, -0.15) is 0 Å². The Balaban J connectivity index is -0.000000125. The predicted molar refractivity (Wildman–Crippen MR) is 23.9 cm³/mol. The molecule has 0 aromatic carbocycles. The van der Waals surface area contributed by atoms with Gasteiger partial charge >= 0.3 is 29.6 Å². The maximum atomic E-state index is 9.44. The van der Waals surface area contributed by atoms with Gasteiger partial charge in [0, 0.05) is 5.75 Å². The maximum absolute atomic E-state index is 9.44. The maximum Gasteiger partial charge on any atom is 1.00 e. The van der Waals surface area contributed by atoms with Gasteiger partial charge in [0.05, 0.1) is 10.1 Å². The van der Waals surface area contributed by atoms with Crippen molar-refractivity contribution in [3.63, 3.8) is 0 Å². The van der Waals surface area contributed by atoms with E-state index >= 15 is 0 Å². The van der Waals surface area contributed by atoms with E-state index in [4.69, 9.17) is 0 Å². The van der Waals surface area contributed by atoms with E-state index in [1.54, 1.807) is 0 Å². The molecule has 0 amide bonds. The summed E-state index contributed by atoms with van der Waals surface area (Å²) < 4.78 is 28.3. The fraction of sp³-hybridized carbons (Fsp3) is 1.00. The molecule has 0 aromatic rings. The zero-order chi connectivity index (χ0) is 5.21. The largest absolute Gasteiger partial charge is 1.00 e. The van der Waals surface area contributed by atoms with Crippen molar-refractivity contribution in [2.45, 2.75) is 6.92 Å². The molecule has 46 valence electrons. The van der Waals surface area contributed by atoms with Gasteiger partial charge in [0.2, 0.25) is 0 Å². The van der Waals surface area contributed by atoms with Gasteiger partial charge in [-0.1, -0.05) is 6.92 Å². The average Bonchev–Trinajstić information content (AvgIpc) is 1.35. The third kappa shape index (κ3) is 15.8. The Morgan fingerprint density at radius 3 is 1.62 bits per heavy atom. The van der Waals surface area contributed by atoms with Crippen molar-refractivity contribution in [1.82, 2.24) is 0 Å². The van der Waals surface area contributed by atoms with Crippen LogP contribution in [0.2, 0.25) is 0 Å². The molecule has 0 unspecified atom stereocenters. The van der Waals surface area contributed by atoms with Gasteiger partial charge in [-0.3, -0.25) is 0 Å². The molecule has 8 heavy (non-hydrogen) atoms. The van der Waals surface area contributed by atoms with Crippen molar-refractivity contribution in [2.75, 3.05) is 5.75 Å². The summed E-state index contributed by atoms with van der Waals surface area (Å²) in [5.74, 6) is -0.312. The van der Waals surface area contributed by atoms with Crippen LogP contribution in [0.15, 0.2) is 0 Å². The Morgan fingerprint density at radius 2 is 1.62 bits per heavy atom. The minimum Gasteiger partial charge on any atom is -0.748 e. The first-order valence-electron chi connectivity index (χ1n) is 1.50. The van der Waals surface area contributed by atoms with Gasteiger partial charge in [0.15, 0.2) is 0 Å². The average molecular weight is 150 g/mol. The van der Waals surface area contributed by atoms with Crippen LogP contribution < -0.4 is 29.6 Å². The molecule has 0 saturated heterocycles. The van der Waals surface area contributed by atoms with E-state index < -0.39 is 10.1 Å². The first kappa shape index (κ1) is 15.9. The number of hydrogen-bond acceptors (Lipinski definition) is 3. The van der Waals surface area contributed by atoms with E-state index in [9.17, 15) is 13.0 Å². The molecule has 0 aromatic heterocycles. The summed E-state index contributed by atoms with van der Waals surface area (Å²) in [6.45, 7) is 1.31. The van der Waals surface area contributed by atoms with Crippen LogP contribution >= 0.6 is 0 Å².